The zero-order chi connectivity index (χ0) is 16.6. The Kier molecular flexibility index (Phi) is 3.46. The van der Waals surface area contributed by atoms with Gasteiger partial charge in [0, 0.05) is 30.9 Å². The van der Waals surface area contributed by atoms with Crippen LogP contribution >= 0.6 is 0 Å². The van der Waals surface area contributed by atoms with Crippen molar-refractivity contribution >= 4 is 11.5 Å². The maximum Gasteiger partial charge on any atom is 0.157 e. The number of nitriles is 1. The molecule has 0 unspecified atom stereocenters. The Labute approximate surface area is 141 Å². The predicted molar refractivity (Wildman–Crippen MR) is 92.9 cm³/mol. The van der Waals surface area contributed by atoms with Gasteiger partial charge in [-0.1, -0.05) is 30.3 Å². The summed E-state index contributed by atoms with van der Waals surface area (Å²) in [6.07, 6.45) is 3.41. The van der Waals surface area contributed by atoms with Gasteiger partial charge in [0.25, 0.3) is 0 Å². The number of benzene rings is 1. The standard InChI is InChI=1S/C19H19N5/c1-15-13-18(24-17(22-15)7-10-21-24)23-11-8-19(14-20,9-12-23)16-5-3-2-4-6-16/h2-7,10,13H,8-9,11-12H2,1H3. The average Bonchev–Trinajstić information content (AvgIpc) is 3.10. The third-order valence-corrected chi connectivity index (χ3v) is 4.95. The molecular weight excluding hydrogens is 298 g/mol. The third-order valence-electron chi connectivity index (χ3n) is 4.95. The van der Waals surface area contributed by atoms with E-state index in [-0.39, 0.29) is 5.41 Å². The Morgan fingerprint density at radius 3 is 2.58 bits per heavy atom. The molecule has 0 amide bonds. The number of fused-ring (bicyclic) bond motifs is 1. The highest BCUT2D eigenvalue weighted by Gasteiger charge is 2.37. The van der Waals surface area contributed by atoms with E-state index in [1.165, 1.54) is 0 Å². The maximum absolute atomic E-state index is 9.84. The normalized spacial score (nSPS) is 16.9. The van der Waals surface area contributed by atoms with E-state index in [2.05, 4.69) is 39.3 Å². The zero-order valence-electron chi connectivity index (χ0n) is 13.7. The molecule has 24 heavy (non-hydrogen) atoms. The summed E-state index contributed by atoms with van der Waals surface area (Å²) < 4.78 is 1.88. The second kappa shape index (κ2) is 5.64. The first-order valence-corrected chi connectivity index (χ1v) is 8.25. The van der Waals surface area contributed by atoms with Crippen LogP contribution in [0.2, 0.25) is 0 Å². The number of nitrogens with zero attached hydrogens (tertiary/aromatic N) is 5. The average molecular weight is 317 g/mol. The first kappa shape index (κ1) is 14.7. The largest absolute Gasteiger partial charge is 0.356 e. The monoisotopic (exact) mass is 317 g/mol. The molecule has 5 heteroatoms. The van der Waals surface area contributed by atoms with E-state index in [0.29, 0.717) is 0 Å². The van der Waals surface area contributed by atoms with Gasteiger partial charge in [0.15, 0.2) is 5.65 Å². The van der Waals surface area contributed by atoms with Gasteiger partial charge in [0.05, 0.1) is 17.7 Å². The minimum absolute atomic E-state index is 0.386. The van der Waals surface area contributed by atoms with E-state index in [0.717, 1.165) is 48.7 Å². The fourth-order valence-corrected chi connectivity index (χ4v) is 3.58. The van der Waals surface area contributed by atoms with E-state index in [4.69, 9.17) is 0 Å². The van der Waals surface area contributed by atoms with Gasteiger partial charge in [-0.15, -0.1) is 0 Å². The number of anilines is 1. The summed E-state index contributed by atoms with van der Waals surface area (Å²) in [5, 5.41) is 14.2. The number of aryl methyl sites for hydroxylation is 1. The molecule has 1 aliphatic heterocycles. The van der Waals surface area contributed by atoms with Crippen LogP contribution in [0.3, 0.4) is 0 Å². The lowest BCUT2D eigenvalue weighted by Gasteiger charge is -2.38. The van der Waals surface area contributed by atoms with Crippen LogP contribution in [-0.2, 0) is 5.41 Å². The van der Waals surface area contributed by atoms with E-state index in [9.17, 15) is 5.26 Å². The minimum Gasteiger partial charge on any atom is -0.356 e. The maximum atomic E-state index is 9.84. The summed E-state index contributed by atoms with van der Waals surface area (Å²) >= 11 is 0. The van der Waals surface area contributed by atoms with Gasteiger partial charge in [-0.25, -0.2) is 4.98 Å². The van der Waals surface area contributed by atoms with Crippen LogP contribution in [0.15, 0.2) is 48.7 Å². The highest BCUT2D eigenvalue weighted by atomic mass is 15.3. The Balaban J connectivity index is 1.64. The highest BCUT2D eigenvalue weighted by Crippen LogP contribution is 2.36. The summed E-state index contributed by atoms with van der Waals surface area (Å²) in [6, 6.07) is 16.7. The number of hydrogen-bond donors (Lipinski definition) is 0. The van der Waals surface area contributed by atoms with E-state index >= 15 is 0 Å². The fourth-order valence-electron chi connectivity index (χ4n) is 3.58. The van der Waals surface area contributed by atoms with Gasteiger partial charge in [0.1, 0.15) is 5.82 Å². The van der Waals surface area contributed by atoms with Crippen LogP contribution in [0.5, 0.6) is 0 Å². The summed E-state index contributed by atoms with van der Waals surface area (Å²) in [4.78, 5) is 6.82. The van der Waals surface area contributed by atoms with Crippen molar-refractivity contribution < 1.29 is 0 Å². The van der Waals surface area contributed by atoms with Gasteiger partial charge in [0.2, 0.25) is 0 Å². The summed E-state index contributed by atoms with van der Waals surface area (Å²) in [5.41, 5.74) is 2.59. The molecule has 0 aliphatic carbocycles. The molecule has 120 valence electrons. The molecule has 5 nitrogen and oxygen atoms in total. The SMILES string of the molecule is Cc1cc(N2CCC(C#N)(c3ccccc3)CC2)n2nccc2n1. The zero-order valence-corrected chi connectivity index (χ0v) is 13.7. The van der Waals surface area contributed by atoms with Crippen LogP contribution in [0, 0.1) is 18.3 Å². The lowest BCUT2D eigenvalue weighted by molar-refractivity contribution is 0.412. The summed E-state index contributed by atoms with van der Waals surface area (Å²) in [6.45, 7) is 3.67. The van der Waals surface area contributed by atoms with Gasteiger partial charge in [-0.05, 0) is 25.3 Å². The highest BCUT2D eigenvalue weighted by molar-refractivity contribution is 5.51. The van der Waals surface area contributed by atoms with E-state index < -0.39 is 0 Å². The van der Waals surface area contributed by atoms with Crippen molar-refractivity contribution in [1.82, 2.24) is 14.6 Å². The van der Waals surface area contributed by atoms with Gasteiger partial charge >= 0.3 is 0 Å². The van der Waals surface area contributed by atoms with Crippen LogP contribution in [0.1, 0.15) is 24.1 Å². The molecule has 0 atom stereocenters. The van der Waals surface area contributed by atoms with Crippen molar-refractivity contribution in [1.29, 1.82) is 5.26 Å². The van der Waals surface area contributed by atoms with Crippen LogP contribution in [-0.4, -0.2) is 27.7 Å². The smallest absolute Gasteiger partial charge is 0.157 e. The second-order valence-electron chi connectivity index (χ2n) is 6.40. The quantitative estimate of drug-likeness (QED) is 0.729. The first-order chi connectivity index (χ1) is 11.7. The Morgan fingerprint density at radius 1 is 1.12 bits per heavy atom. The molecule has 0 spiro atoms. The van der Waals surface area contributed by atoms with Crippen molar-refractivity contribution in [3.8, 4) is 6.07 Å². The van der Waals surface area contributed by atoms with Crippen molar-refractivity contribution in [2.75, 3.05) is 18.0 Å². The Bertz CT molecular complexity index is 898. The minimum atomic E-state index is -0.386. The molecule has 1 aliphatic rings. The molecule has 2 aromatic heterocycles. The molecule has 3 aromatic rings. The molecule has 0 N–H and O–H groups in total. The molecule has 4 rings (SSSR count). The van der Waals surface area contributed by atoms with Gasteiger partial charge in [-0.2, -0.15) is 14.9 Å². The Hall–Kier alpha value is -2.87. The topological polar surface area (TPSA) is 57.2 Å². The van der Waals surface area contributed by atoms with Crippen molar-refractivity contribution in [3.63, 3.8) is 0 Å². The summed E-state index contributed by atoms with van der Waals surface area (Å²) in [5.74, 6) is 1.06. The van der Waals surface area contributed by atoms with Crippen LogP contribution in [0.4, 0.5) is 5.82 Å². The van der Waals surface area contributed by atoms with E-state index in [1.54, 1.807) is 6.20 Å². The van der Waals surface area contributed by atoms with Crippen LogP contribution in [0.25, 0.3) is 5.65 Å². The second-order valence-corrected chi connectivity index (χ2v) is 6.40. The number of rotatable bonds is 2. The van der Waals surface area contributed by atoms with Crippen LogP contribution < -0.4 is 4.90 Å². The first-order valence-electron chi connectivity index (χ1n) is 8.25. The molecule has 1 saturated heterocycles. The molecule has 1 fully saturated rings. The third kappa shape index (κ3) is 2.31. The number of aromatic nitrogens is 3. The molecule has 0 bridgehead atoms. The van der Waals surface area contributed by atoms with Crippen molar-refractivity contribution in [3.05, 3.63) is 59.9 Å². The lowest BCUT2D eigenvalue weighted by atomic mass is 9.74. The molecule has 1 aromatic carbocycles. The fraction of sp³-hybridized carbons (Fsp3) is 0.316. The van der Waals surface area contributed by atoms with Gasteiger partial charge < -0.3 is 4.90 Å². The molecule has 0 saturated carbocycles. The molecular formula is C19H19N5. The lowest BCUT2D eigenvalue weighted by Crippen LogP contribution is -2.42. The number of hydrogen-bond acceptors (Lipinski definition) is 4. The van der Waals surface area contributed by atoms with Gasteiger partial charge in [-0.3, -0.25) is 0 Å². The number of piperidine rings is 1. The molecule has 3 heterocycles. The van der Waals surface area contributed by atoms with E-state index in [1.807, 2.05) is 35.7 Å². The van der Waals surface area contributed by atoms with Crippen molar-refractivity contribution in [2.24, 2.45) is 0 Å². The Morgan fingerprint density at radius 2 is 1.88 bits per heavy atom. The predicted octanol–water partition coefficient (Wildman–Crippen LogP) is 3.10. The molecule has 0 radical (unpaired) electrons. The summed E-state index contributed by atoms with van der Waals surface area (Å²) in [7, 11) is 0. The van der Waals surface area contributed by atoms with Crippen molar-refractivity contribution in [2.45, 2.75) is 25.2 Å².